The Bertz CT molecular complexity index is 459. The van der Waals surface area contributed by atoms with E-state index in [1.165, 1.54) is 0 Å². The Kier molecular flexibility index (Phi) is 3.69. The predicted octanol–water partition coefficient (Wildman–Crippen LogP) is 1.40. The van der Waals surface area contributed by atoms with Crippen LogP contribution in [-0.2, 0) is 14.6 Å². The van der Waals surface area contributed by atoms with Gasteiger partial charge in [-0.1, -0.05) is 6.42 Å². The lowest BCUT2D eigenvalue weighted by Gasteiger charge is -2.36. The minimum Gasteiger partial charge on any atom is -0.299 e. The fourth-order valence-electron chi connectivity index (χ4n) is 4.15. The van der Waals surface area contributed by atoms with E-state index in [0.29, 0.717) is 23.3 Å². The van der Waals surface area contributed by atoms with E-state index in [-0.39, 0.29) is 12.0 Å². The van der Waals surface area contributed by atoms with E-state index >= 15 is 0 Å². The zero-order valence-corrected chi connectivity index (χ0v) is 12.2. The van der Waals surface area contributed by atoms with Gasteiger partial charge >= 0.3 is 0 Å². The highest BCUT2D eigenvalue weighted by Gasteiger charge is 2.42. The second-order valence-electron chi connectivity index (χ2n) is 6.32. The summed E-state index contributed by atoms with van der Waals surface area (Å²) in [6, 6.07) is 0.498. The molecule has 3 unspecified atom stereocenters. The first-order valence-corrected chi connectivity index (χ1v) is 9.38. The Morgan fingerprint density at radius 1 is 1.05 bits per heavy atom. The standard InChI is InChI=1S/C14H23NO3S/c16-14-6-2-1-4-12(14)13-5-3-8-15(13)11-7-9-19(17,18)10-11/h11-13H,1-10H2. The molecule has 108 valence electrons. The van der Waals surface area contributed by atoms with Crippen LogP contribution in [0.3, 0.4) is 0 Å². The summed E-state index contributed by atoms with van der Waals surface area (Å²) in [4.78, 5) is 14.5. The summed E-state index contributed by atoms with van der Waals surface area (Å²) in [7, 11) is -2.83. The highest BCUT2D eigenvalue weighted by Crippen LogP contribution is 2.35. The monoisotopic (exact) mass is 285 g/mol. The van der Waals surface area contributed by atoms with Gasteiger partial charge < -0.3 is 0 Å². The first-order chi connectivity index (χ1) is 9.07. The normalized spacial score (nSPS) is 39.8. The van der Waals surface area contributed by atoms with Gasteiger partial charge in [-0.3, -0.25) is 9.69 Å². The molecule has 4 nitrogen and oxygen atoms in total. The molecule has 0 aromatic heterocycles. The Morgan fingerprint density at radius 3 is 2.58 bits per heavy atom. The van der Waals surface area contributed by atoms with Crippen LogP contribution < -0.4 is 0 Å². The summed E-state index contributed by atoms with van der Waals surface area (Å²) in [5.74, 6) is 1.24. The lowest BCUT2D eigenvalue weighted by Crippen LogP contribution is -2.46. The van der Waals surface area contributed by atoms with E-state index in [1.807, 2.05) is 0 Å². The van der Waals surface area contributed by atoms with Gasteiger partial charge in [0.2, 0.25) is 0 Å². The topological polar surface area (TPSA) is 54.5 Å². The molecule has 0 aromatic carbocycles. The van der Waals surface area contributed by atoms with Crippen molar-refractivity contribution in [1.82, 2.24) is 4.90 Å². The molecule has 5 heteroatoms. The fourth-order valence-corrected chi connectivity index (χ4v) is 5.90. The quantitative estimate of drug-likeness (QED) is 0.769. The summed E-state index contributed by atoms with van der Waals surface area (Å²) in [5, 5.41) is 0. The number of Topliss-reactive ketones (excluding diaryl/α,β-unsaturated/α-hetero) is 1. The van der Waals surface area contributed by atoms with Crippen LogP contribution in [0.5, 0.6) is 0 Å². The first-order valence-electron chi connectivity index (χ1n) is 7.56. The Morgan fingerprint density at radius 2 is 1.89 bits per heavy atom. The summed E-state index contributed by atoms with van der Waals surface area (Å²) in [6.45, 7) is 0.981. The van der Waals surface area contributed by atoms with Crippen molar-refractivity contribution in [2.45, 2.75) is 57.0 Å². The van der Waals surface area contributed by atoms with Gasteiger partial charge in [0.05, 0.1) is 11.5 Å². The zero-order chi connectivity index (χ0) is 13.5. The number of likely N-dealkylation sites (tertiary alicyclic amines) is 1. The van der Waals surface area contributed by atoms with Crippen LogP contribution in [0, 0.1) is 5.92 Å². The van der Waals surface area contributed by atoms with E-state index in [4.69, 9.17) is 0 Å². The van der Waals surface area contributed by atoms with Crippen molar-refractivity contribution in [3.8, 4) is 0 Å². The van der Waals surface area contributed by atoms with Crippen LogP contribution in [0.25, 0.3) is 0 Å². The second-order valence-corrected chi connectivity index (χ2v) is 8.55. The Balaban J connectivity index is 1.73. The maximum Gasteiger partial charge on any atom is 0.151 e. The van der Waals surface area contributed by atoms with Crippen molar-refractivity contribution in [2.75, 3.05) is 18.1 Å². The molecular formula is C14H23NO3S. The molecule has 0 aromatic rings. The third-order valence-electron chi connectivity index (χ3n) is 5.09. The Hall–Kier alpha value is -0.420. The molecule has 1 saturated carbocycles. The van der Waals surface area contributed by atoms with Gasteiger partial charge in [-0.15, -0.1) is 0 Å². The van der Waals surface area contributed by atoms with E-state index in [9.17, 15) is 13.2 Å². The molecular weight excluding hydrogens is 262 g/mol. The minimum atomic E-state index is -2.83. The number of rotatable bonds is 2. The molecule has 2 heterocycles. The van der Waals surface area contributed by atoms with Gasteiger partial charge in [-0.05, 0) is 38.6 Å². The molecule has 0 N–H and O–H groups in total. The zero-order valence-electron chi connectivity index (χ0n) is 11.4. The molecule has 0 radical (unpaired) electrons. The molecule has 3 rings (SSSR count). The van der Waals surface area contributed by atoms with Crippen LogP contribution in [0.4, 0.5) is 0 Å². The third kappa shape index (κ3) is 2.72. The van der Waals surface area contributed by atoms with Gasteiger partial charge in [0.25, 0.3) is 0 Å². The van der Waals surface area contributed by atoms with Gasteiger partial charge in [0.15, 0.2) is 9.84 Å². The first kappa shape index (κ1) is 13.6. The molecule has 2 saturated heterocycles. The fraction of sp³-hybridized carbons (Fsp3) is 0.929. The summed E-state index contributed by atoms with van der Waals surface area (Å²) in [5.41, 5.74) is 0. The van der Waals surface area contributed by atoms with Crippen LogP contribution in [0.15, 0.2) is 0 Å². The number of carbonyl (C=O) groups is 1. The summed E-state index contributed by atoms with van der Waals surface area (Å²) >= 11 is 0. The van der Waals surface area contributed by atoms with E-state index in [0.717, 1.165) is 51.5 Å². The Labute approximate surface area is 115 Å². The minimum absolute atomic E-state index is 0.173. The van der Waals surface area contributed by atoms with Crippen molar-refractivity contribution >= 4 is 15.6 Å². The predicted molar refractivity (Wildman–Crippen MR) is 73.8 cm³/mol. The number of hydrogen-bond acceptors (Lipinski definition) is 4. The van der Waals surface area contributed by atoms with Crippen molar-refractivity contribution in [2.24, 2.45) is 5.92 Å². The SMILES string of the molecule is O=C1CCCCC1C1CCCN1C1CCS(=O)(=O)C1. The number of ketones is 1. The molecule has 0 bridgehead atoms. The third-order valence-corrected chi connectivity index (χ3v) is 6.84. The number of sulfone groups is 1. The van der Waals surface area contributed by atoms with Crippen molar-refractivity contribution in [3.63, 3.8) is 0 Å². The number of carbonyl (C=O) groups excluding carboxylic acids is 1. The van der Waals surface area contributed by atoms with E-state index in [1.54, 1.807) is 0 Å². The second kappa shape index (κ2) is 5.17. The highest BCUT2D eigenvalue weighted by molar-refractivity contribution is 7.91. The smallest absolute Gasteiger partial charge is 0.151 e. The van der Waals surface area contributed by atoms with Crippen LogP contribution in [-0.4, -0.2) is 49.2 Å². The van der Waals surface area contributed by atoms with Gasteiger partial charge in [-0.2, -0.15) is 0 Å². The van der Waals surface area contributed by atoms with Gasteiger partial charge in [0.1, 0.15) is 5.78 Å². The van der Waals surface area contributed by atoms with Crippen molar-refractivity contribution in [3.05, 3.63) is 0 Å². The molecule has 0 amide bonds. The molecule has 19 heavy (non-hydrogen) atoms. The van der Waals surface area contributed by atoms with E-state index in [2.05, 4.69) is 4.90 Å². The maximum absolute atomic E-state index is 12.1. The molecule has 3 atom stereocenters. The lowest BCUT2D eigenvalue weighted by atomic mass is 9.81. The molecule has 2 aliphatic heterocycles. The number of nitrogens with zero attached hydrogens (tertiary/aromatic N) is 1. The average Bonchev–Trinajstić information content (AvgIpc) is 2.96. The molecule has 1 aliphatic carbocycles. The summed E-state index contributed by atoms with van der Waals surface area (Å²) < 4.78 is 23.3. The van der Waals surface area contributed by atoms with Crippen LogP contribution in [0.1, 0.15) is 44.9 Å². The summed E-state index contributed by atoms with van der Waals surface area (Å²) in [6.07, 6.45) is 6.90. The van der Waals surface area contributed by atoms with Crippen LogP contribution >= 0.6 is 0 Å². The lowest BCUT2D eigenvalue weighted by molar-refractivity contribution is -0.126. The molecule has 3 fully saturated rings. The molecule has 3 aliphatic rings. The molecule has 0 spiro atoms. The van der Waals surface area contributed by atoms with Crippen molar-refractivity contribution < 1.29 is 13.2 Å². The maximum atomic E-state index is 12.1. The van der Waals surface area contributed by atoms with Crippen LogP contribution in [0.2, 0.25) is 0 Å². The highest BCUT2D eigenvalue weighted by atomic mass is 32.2. The van der Waals surface area contributed by atoms with E-state index < -0.39 is 9.84 Å². The van der Waals surface area contributed by atoms with Gasteiger partial charge in [-0.25, -0.2) is 8.42 Å². The van der Waals surface area contributed by atoms with Gasteiger partial charge in [0, 0.05) is 24.4 Å². The largest absolute Gasteiger partial charge is 0.299 e. The average molecular weight is 285 g/mol. The number of hydrogen-bond donors (Lipinski definition) is 0. The van der Waals surface area contributed by atoms with Crippen molar-refractivity contribution in [1.29, 1.82) is 0 Å².